The summed E-state index contributed by atoms with van der Waals surface area (Å²) in [7, 11) is 6.33. The van der Waals surface area contributed by atoms with Gasteiger partial charge in [0.2, 0.25) is 0 Å². The second kappa shape index (κ2) is 7.86. The van der Waals surface area contributed by atoms with Crippen molar-refractivity contribution in [3.63, 3.8) is 0 Å². The molecule has 19 heavy (non-hydrogen) atoms. The number of hydrogen-bond acceptors (Lipinski definition) is 5. The van der Waals surface area contributed by atoms with Gasteiger partial charge in [-0.3, -0.25) is 0 Å². The molecule has 1 unspecified atom stereocenters. The largest absolute Gasteiger partial charge is 0.496 e. The van der Waals surface area contributed by atoms with Crippen molar-refractivity contribution >= 4 is 0 Å². The molecule has 1 N–H and O–H groups in total. The van der Waals surface area contributed by atoms with Gasteiger partial charge in [0.25, 0.3) is 0 Å². The maximum atomic E-state index is 10.2. The van der Waals surface area contributed by atoms with Crippen LogP contribution in [-0.4, -0.2) is 40.2 Å². The zero-order valence-corrected chi connectivity index (χ0v) is 11.9. The van der Waals surface area contributed by atoms with Gasteiger partial charge in [0.15, 0.2) is 11.5 Å². The number of hydrogen-bond donors (Lipinski definition) is 1. The van der Waals surface area contributed by atoms with Crippen molar-refractivity contribution in [1.29, 1.82) is 0 Å². The molecule has 108 valence electrons. The quantitative estimate of drug-likeness (QED) is 0.734. The summed E-state index contributed by atoms with van der Waals surface area (Å²) in [5, 5.41) is 10.2. The van der Waals surface area contributed by atoms with E-state index in [1.807, 2.05) is 0 Å². The predicted octanol–water partition coefficient (Wildman–Crippen LogP) is 2.17. The molecule has 1 atom stereocenters. The Balaban J connectivity index is 2.97. The van der Waals surface area contributed by atoms with E-state index in [0.29, 0.717) is 35.8 Å². The second-order valence-electron chi connectivity index (χ2n) is 4.10. The Bertz CT molecular complexity index is 392. The molecule has 0 spiro atoms. The van der Waals surface area contributed by atoms with Gasteiger partial charge in [-0.2, -0.15) is 0 Å². The highest BCUT2D eigenvalue weighted by atomic mass is 16.5. The molecule has 0 amide bonds. The molecule has 0 aliphatic carbocycles. The van der Waals surface area contributed by atoms with Gasteiger partial charge in [-0.05, 0) is 18.9 Å². The first-order valence-corrected chi connectivity index (χ1v) is 6.14. The third kappa shape index (κ3) is 4.01. The Labute approximate surface area is 114 Å². The lowest BCUT2D eigenvalue weighted by atomic mass is 10.0. The SMILES string of the molecule is COCCCC(O)c1cc(OC)c(OC)cc1OC. The Morgan fingerprint density at radius 3 is 2.05 bits per heavy atom. The van der Waals surface area contributed by atoms with Crippen LogP contribution in [0.25, 0.3) is 0 Å². The summed E-state index contributed by atoms with van der Waals surface area (Å²) in [4.78, 5) is 0. The minimum atomic E-state index is -0.620. The van der Waals surface area contributed by atoms with Gasteiger partial charge in [0.05, 0.1) is 27.4 Å². The molecule has 0 aromatic heterocycles. The van der Waals surface area contributed by atoms with Gasteiger partial charge >= 0.3 is 0 Å². The fourth-order valence-electron chi connectivity index (χ4n) is 1.89. The van der Waals surface area contributed by atoms with Crippen molar-refractivity contribution in [1.82, 2.24) is 0 Å². The van der Waals surface area contributed by atoms with Crippen LogP contribution >= 0.6 is 0 Å². The normalized spacial score (nSPS) is 12.1. The Kier molecular flexibility index (Phi) is 6.45. The first kappa shape index (κ1) is 15.6. The first-order valence-electron chi connectivity index (χ1n) is 6.14. The molecule has 0 radical (unpaired) electrons. The highest BCUT2D eigenvalue weighted by Gasteiger charge is 2.17. The van der Waals surface area contributed by atoms with Gasteiger partial charge in [-0.25, -0.2) is 0 Å². The van der Waals surface area contributed by atoms with Crippen LogP contribution in [0.5, 0.6) is 17.2 Å². The van der Waals surface area contributed by atoms with Gasteiger partial charge in [0.1, 0.15) is 5.75 Å². The van der Waals surface area contributed by atoms with Crippen LogP contribution < -0.4 is 14.2 Å². The molecule has 0 bridgehead atoms. The summed E-state index contributed by atoms with van der Waals surface area (Å²) in [6, 6.07) is 3.46. The zero-order valence-electron chi connectivity index (χ0n) is 11.9. The fourth-order valence-corrected chi connectivity index (χ4v) is 1.89. The highest BCUT2D eigenvalue weighted by Crippen LogP contribution is 2.38. The molecule has 5 nitrogen and oxygen atoms in total. The van der Waals surface area contributed by atoms with Crippen molar-refractivity contribution in [2.24, 2.45) is 0 Å². The predicted molar refractivity (Wildman–Crippen MR) is 72.2 cm³/mol. The van der Waals surface area contributed by atoms with Crippen LogP contribution in [0, 0.1) is 0 Å². The van der Waals surface area contributed by atoms with E-state index in [9.17, 15) is 5.11 Å². The lowest BCUT2D eigenvalue weighted by Crippen LogP contribution is -2.04. The molecule has 0 heterocycles. The number of aliphatic hydroxyl groups excluding tert-OH is 1. The lowest BCUT2D eigenvalue weighted by molar-refractivity contribution is 0.133. The molecule has 0 saturated heterocycles. The molecule has 0 aliphatic heterocycles. The van der Waals surface area contributed by atoms with E-state index in [1.165, 1.54) is 0 Å². The molecular formula is C14H22O5. The number of rotatable bonds is 8. The van der Waals surface area contributed by atoms with Gasteiger partial charge in [-0.1, -0.05) is 0 Å². The van der Waals surface area contributed by atoms with E-state index in [0.717, 1.165) is 6.42 Å². The van der Waals surface area contributed by atoms with E-state index in [2.05, 4.69) is 0 Å². The smallest absolute Gasteiger partial charge is 0.164 e. The summed E-state index contributed by atoms with van der Waals surface area (Å²) in [5.74, 6) is 1.74. The molecule has 1 rings (SSSR count). The minimum absolute atomic E-state index is 0.573. The van der Waals surface area contributed by atoms with E-state index in [-0.39, 0.29) is 0 Å². The van der Waals surface area contributed by atoms with Crippen molar-refractivity contribution in [2.75, 3.05) is 35.0 Å². The van der Waals surface area contributed by atoms with Crippen LogP contribution in [0.4, 0.5) is 0 Å². The highest BCUT2D eigenvalue weighted by molar-refractivity contribution is 5.51. The standard InChI is InChI=1S/C14H22O5/c1-16-7-5-6-11(15)10-8-13(18-3)14(19-4)9-12(10)17-2/h8-9,11,15H,5-7H2,1-4H3. The Hall–Kier alpha value is -1.46. The molecule has 0 aliphatic rings. The van der Waals surface area contributed by atoms with Crippen molar-refractivity contribution in [2.45, 2.75) is 18.9 Å². The average Bonchev–Trinajstić information content (AvgIpc) is 2.45. The Morgan fingerprint density at radius 2 is 1.53 bits per heavy atom. The zero-order chi connectivity index (χ0) is 14.3. The minimum Gasteiger partial charge on any atom is -0.496 e. The van der Waals surface area contributed by atoms with E-state index >= 15 is 0 Å². The molecule has 0 saturated carbocycles. The lowest BCUT2D eigenvalue weighted by Gasteiger charge is -2.17. The monoisotopic (exact) mass is 270 g/mol. The first-order chi connectivity index (χ1) is 9.17. The van der Waals surface area contributed by atoms with Crippen molar-refractivity contribution in [3.8, 4) is 17.2 Å². The molecular weight excluding hydrogens is 248 g/mol. The number of methoxy groups -OCH3 is 4. The summed E-state index contributed by atoms with van der Waals surface area (Å²) in [6.07, 6.45) is 0.749. The molecule has 1 aromatic rings. The van der Waals surface area contributed by atoms with Crippen LogP contribution in [-0.2, 0) is 4.74 Å². The summed E-state index contributed by atoms with van der Waals surface area (Å²) in [6.45, 7) is 0.618. The third-order valence-corrected chi connectivity index (χ3v) is 2.92. The van der Waals surface area contributed by atoms with E-state index in [1.54, 1.807) is 40.6 Å². The van der Waals surface area contributed by atoms with Crippen LogP contribution in [0.3, 0.4) is 0 Å². The van der Waals surface area contributed by atoms with Crippen molar-refractivity contribution in [3.05, 3.63) is 17.7 Å². The topological polar surface area (TPSA) is 57.2 Å². The van der Waals surface area contributed by atoms with Gasteiger partial charge < -0.3 is 24.1 Å². The summed E-state index contributed by atoms with van der Waals surface area (Å²) >= 11 is 0. The summed E-state index contributed by atoms with van der Waals surface area (Å²) < 4.78 is 20.7. The van der Waals surface area contributed by atoms with E-state index in [4.69, 9.17) is 18.9 Å². The van der Waals surface area contributed by atoms with E-state index < -0.39 is 6.10 Å². The number of benzene rings is 1. The third-order valence-electron chi connectivity index (χ3n) is 2.92. The maximum Gasteiger partial charge on any atom is 0.164 e. The second-order valence-corrected chi connectivity index (χ2v) is 4.10. The van der Waals surface area contributed by atoms with Crippen LogP contribution in [0.1, 0.15) is 24.5 Å². The fraction of sp³-hybridized carbons (Fsp3) is 0.571. The molecule has 1 aromatic carbocycles. The molecule has 5 heteroatoms. The van der Waals surface area contributed by atoms with Crippen LogP contribution in [0.15, 0.2) is 12.1 Å². The average molecular weight is 270 g/mol. The summed E-state index contributed by atoms with van der Waals surface area (Å²) in [5.41, 5.74) is 0.691. The van der Waals surface area contributed by atoms with Gasteiger partial charge in [0, 0.05) is 25.3 Å². The molecule has 0 fully saturated rings. The Morgan fingerprint density at radius 1 is 0.947 bits per heavy atom. The van der Waals surface area contributed by atoms with Gasteiger partial charge in [-0.15, -0.1) is 0 Å². The number of ether oxygens (including phenoxy) is 4. The van der Waals surface area contributed by atoms with Crippen LogP contribution in [0.2, 0.25) is 0 Å². The number of aliphatic hydroxyl groups is 1. The van der Waals surface area contributed by atoms with Crippen molar-refractivity contribution < 1.29 is 24.1 Å². The maximum absolute atomic E-state index is 10.2.